The zero-order valence-electron chi connectivity index (χ0n) is 31.2. The number of nitrogens with two attached hydrogens (primary N) is 1. The Morgan fingerprint density at radius 1 is 0.684 bits per heavy atom. The number of para-hydroxylation sites is 2. The van der Waals surface area contributed by atoms with Crippen LogP contribution in [0.4, 0.5) is 0 Å². The molecule has 4 heterocycles. The van der Waals surface area contributed by atoms with Gasteiger partial charge in [0.15, 0.2) is 0 Å². The molecule has 2 atom stereocenters. The van der Waals surface area contributed by atoms with Gasteiger partial charge in [-0.1, -0.05) is 48.5 Å². The Kier molecular flexibility index (Phi) is 10.7. The van der Waals surface area contributed by atoms with Crippen LogP contribution >= 0.6 is 0 Å². The lowest BCUT2D eigenvalue weighted by atomic mass is 9.83. The van der Waals surface area contributed by atoms with Gasteiger partial charge in [-0.3, -0.25) is 20.1 Å². The number of fused-ring (bicyclic) bond motifs is 4. The van der Waals surface area contributed by atoms with Crippen LogP contribution in [0, 0.1) is 0 Å². The first-order valence-corrected chi connectivity index (χ1v) is 18.1. The van der Waals surface area contributed by atoms with Crippen LogP contribution in [0.1, 0.15) is 54.9 Å². The van der Waals surface area contributed by atoms with Gasteiger partial charge in [0.1, 0.15) is 34.1 Å². The summed E-state index contributed by atoms with van der Waals surface area (Å²) in [5, 5.41) is 24.2. The number of aromatic nitrogens is 2. The third-order valence-corrected chi connectivity index (χ3v) is 9.31. The summed E-state index contributed by atoms with van der Waals surface area (Å²) in [5.41, 5.74) is 11.0. The maximum Gasteiger partial charge on any atom is 0.340 e. The topological polar surface area (TPSA) is 192 Å². The number of nitrogens with zero attached hydrogens (tertiary/aromatic N) is 2. The van der Waals surface area contributed by atoms with Crippen molar-refractivity contribution in [2.45, 2.75) is 32.6 Å². The molecule has 0 saturated carbocycles. The van der Waals surface area contributed by atoms with E-state index in [1.165, 1.54) is 25.1 Å². The third-order valence-electron chi connectivity index (χ3n) is 9.31. The summed E-state index contributed by atoms with van der Waals surface area (Å²) in [5.74, 6) is -1.90. The standard InChI is InChI=1S/C23H20N2O5.C21H18N2O4/c1-3-29-23(28)21-20(15-10-14-6-4-5-7-18(14)24-12-15)17-9-8-16(27)11-19(17)30-22(21)25-13(2)26;1-2-26-21(25)19-18(13-9-12-5-3-4-6-16(12)23-11-13)15-8-7-14(24)10-17(15)27-20(19)22/h4-12,20,27H,3H2,1-2H3,(H,25,26);3-11,18,24H,2,22H2,1H3. The number of rotatable bonds is 7. The second-order valence-corrected chi connectivity index (χ2v) is 13.1. The number of benzene rings is 4. The molecule has 0 bridgehead atoms. The normalized spacial score (nSPS) is 15.6. The van der Waals surface area contributed by atoms with E-state index in [4.69, 9.17) is 24.7 Å². The van der Waals surface area contributed by atoms with Crippen molar-refractivity contribution in [1.29, 1.82) is 0 Å². The van der Waals surface area contributed by atoms with E-state index < -0.39 is 29.7 Å². The molecule has 4 aromatic carbocycles. The molecule has 0 saturated heterocycles. The van der Waals surface area contributed by atoms with E-state index in [2.05, 4.69) is 15.3 Å². The summed E-state index contributed by atoms with van der Waals surface area (Å²) in [4.78, 5) is 46.4. The molecule has 6 aromatic rings. The molecule has 2 aliphatic heterocycles. The van der Waals surface area contributed by atoms with Gasteiger partial charge in [-0.15, -0.1) is 0 Å². The van der Waals surface area contributed by atoms with Gasteiger partial charge >= 0.3 is 11.9 Å². The van der Waals surface area contributed by atoms with Gasteiger partial charge in [0.2, 0.25) is 17.7 Å². The number of ether oxygens (including phenoxy) is 4. The molecule has 5 N–H and O–H groups in total. The number of carbonyl (C=O) groups is 3. The fraction of sp³-hybridized carbons (Fsp3) is 0.159. The molecular formula is C44H38N4O9. The van der Waals surface area contributed by atoms with Gasteiger partial charge in [-0.05, 0) is 61.4 Å². The monoisotopic (exact) mass is 766 g/mol. The Hall–Kier alpha value is -7.41. The van der Waals surface area contributed by atoms with Crippen LogP contribution < -0.4 is 20.5 Å². The fourth-order valence-corrected chi connectivity index (χ4v) is 6.91. The van der Waals surface area contributed by atoms with Crippen molar-refractivity contribution < 1.29 is 43.5 Å². The number of amides is 1. The van der Waals surface area contributed by atoms with E-state index >= 15 is 0 Å². The lowest BCUT2D eigenvalue weighted by molar-refractivity contribution is -0.140. The number of hydrogen-bond acceptors (Lipinski definition) is 12. The second kappa shape index (κ2) is 16.1. The van der Waals surface area contributed by atoms with Crippen molar-refractivity contribution in [3.8, 4) is 23.0 Å². The highest BCUT2D eigenvalue weighted by molar-refractivity contribution is 5.95. The number of hydrogen-bond donors (Lipinski definition) is 4. The molecule has 288 valence electrons. The number of phenols is 2. The maximum atomic E-state index is 12.9. The summed E-state index contributed by atoms with van der Waals surface area (Å²) in [6.45, 7) is 5.15. The first-order valence-electron chi connectivity index (χ1n) is 18.1. The fourth-order valence-electron chi connectivity index (χ4n) is 6.91. The maximum absolute atomic E-state index is 12.9. The largest absolute Gasteiger partial charge is 0.508 e. The van der Waals surface area contributed by atoms with E-state index in [0.717, 1.165) is 32.9 Å². The van der Waals surface area contributed by atoms with Gasteiger partial charge in [-0.25, -0.2) is 9.59 Å². The SMILES string of the molecule is CCOC(=O)C1=C(N)Oc2cc(O)ccc2C1c1cnc2ccccc2c1.CCOC(=O)C1=C(NC(C)=O)Oc2cc(O)ccc2C1c1cnc2ccccc2c1. The van der Waals surface area contributed by atoms with Crippen LogP contribution in [0.15, 0.2) is 132 Å². The predicted molar refractivity (Wildman–Crippen MR) is 210 cm³/mol. The van der Waals surface area contributed by atoms with Crippen LogP contribution in [-0.2, 0) is 23.9 Å². The molecule has 13 heteroatoms. The van der Waals surface area contributed by atoms with Gasteiger partial charge in [0, 0.05) is 53.3 Å². The Morgan fingerprint density at radius 3 is 1.67 bits per heavy atom. The summed E-state index contributed by atoms with van der Waals surface area (Å²) in [7, 11) is 0. The first-order chi connectivity index (χ1) is 27.6. The Morgan fingerprint density at radius 2 is 1.16 bits per heavy atom. The number of nitrogens with one attached hydrogen (secondary N) is 1. The predicted octanol–water partition coefficient (Wildman–Crippen LogP) is 6.57. The van der Waals surface area contributed by atoms with Crippen LogP contribution in [-0.4, -0.2) is 51.2 Å². The highest BCUT2D eigenvalue weighted by Crippen LogP contribution is 2.46. The molecule has 1 amide bonds. The average Bonchev–Trinajstić information content (AvgIpc) is 3.19. The van der Waals surface area contributed by atoms with E-state index in [1.807, 2.05) is 60.7 Å². The molecule has 57 heavy (non-hydrogen) atoms. The quantitative estimate of drug-likeness (QED) is 0.128. The van der Waals surface area contributed by atoms with Crippen molar-refractivity contribution in [2.75, 3.05) is 13.2 Å². The molecule has 2 aliphatic rings. The van der Waals surface area contributed by atoms with Gasteiger partial charge in [-0.2, -0.15) is 0 Å². The number of carbonyl (C=O) groups excluding carboxylic acids is 3. The minimum Gasteiger partial charge on any atom is -0.508 e. The Bertz CT molecular complexity index is 2620. The van der Waals surface area contributed by atoms with Gasteiger partial charge in [0.05, 0.1) is 36.1 Å². The zero-order chi connectivity index (χ0) is 40.2. The van der Waals surface area contributed by atoms with Crippen LogP contribution in [0.5, 0.6) is 23.0 Å². The zero-order valence-corrected chi connectivity index (χ0v) is 31.2. The molecule has 2 aromatic heterocycles. The summed E-state index contributed by atoms with van der Waals surface area (Å²) < 4.78 is 21.9. The highest BCUT2D eigenvalue weighted by Gasteiger charge is 2.38. The smallest absolute Gasteiger partial charge is 0.340 e. The molecule has 0 aliphatic carbocycles. The lowest BCUT2D eigenvalue weighted by Crippen LogP contribution is -2.33. The molecule has 0 fully saturated rings. The van der Waals surface area contributed by atoms with Crippen LogP contribution in [0.25, 0.3) is 21.8 Å². The summed E-state index contributed by atoms with van der Waals surface area (Å²) >= 11 is 0. The molecule has 0 radical (unpaired) electrons. The molecule has 13 nitrogen and oxygen atoms in total. The number of phenolic OH excluding ortho intramolecular Hbond substituents is 2. The summed E-state index contributed by atoms with van der Waals surface area (Å²) in [6, 6.07) is 28.7. The lowest BCUT2D eigenvalue weighted by Gasteiger charge is -2.29. The number of esters is 2. The Labute approximate surface area is 327 Å². The van der Waals surface area contributed by atoms with Crippen molar-refractivity contribution >= 4 is 39.7 Å². The molecule has 8 rings (SSSR count). The Balaban J connectivity index is 0.000000175. The molecule has 2 unspecified atom stereocenters. The van der Waals surface area contributed by atoms with Crippen molar-refractivity contribution in [3.05, 3.63) is 155 Å². The minimum absolute atomic E-state index is 0.00546. The van der Waals surface area contributed by atoms with E-state index in [9.17, 15) is 24.6 Å². The van der Waals surface area contributed by atoms with E-state index in [-0.39, 0.29) is 47.6 Å². The summed E-state index contributed by atoms with van der Waals surface area (Å²) in [6.07, 6.45) is 3.42. The van der Waals surface area contributed by atoms with Crippen LogP contribution in [0.2, 0.25) is 0 Å². The minimum atomic E-state index is -0.604. The average molecular weight is 767 g/mol. The first kappa shape index (κ1) is 37.9. The molecular weight excluding hydrogens is 729 g/mol. The number of aromatic hydroxyl groups is 2. The van der Waals surface area contributed by atoms with Crippen molar-refractivity contribution in [1.82, 2.24) is 15.3 Å². The van der Waals surface area contributed by atoms with E-state index in [0.29, 0.717) is 22.6 Å². The second-order valence-electron chi connectivity index (χ2n) is 13.1. The molecule has 0 spiro atoms. The van der Waals surface area contributed by atoms with Gasteiger partial charge in [0.25, 0.3) is 0 Å². The third kappa shape index (κ3) is 7.76. The van der Waals surface area contributed by atoms with Crippen molar-refractivity contribution in [3.63, 3.8) is 0 Å². The highest BCUT2D eigenvalue weighted by atomic mass is 16.5. The number of pyridine rings is 2. The van der Waals surface area contributed by atoms with Gasteiger partial charge < -0.3 is 34.9 Å². The van der Waals surface area contributed by atoms with Crippen molar-refractivity contribution in [2.24, 2.45) is 5.73 Å². The van der Waals surface area contributed by atoms with Crippen LogP contribution in [0.3, 0.4) is 0 Å². The van der Waals surface area contributed by atoms with E-state index in [1.54, 1.807) is 44.4 Å².